The van der Waals surface area contributed by atoms with Crippen LogP contribution in [0.3, 0.4) is 0 Å². The van der Waals surface area contributed by atoms with Crippen molar-refractivity contribution in [3.05, 3.63) is 72.8 Å². The van der Waals surface area contributed by atoms with E-state index in [0.29, 0.717) is 0 Å². The first kappa shape index (κ1) is 15.9. The smallest absolute Gasteiger partial charge is 0.126 e. The predicted molar refractivity (Wildman–Crippen MR) is 92.8 cm³/mol. The van der Waals surface area contributed by atoms with Crippen molar-refractivity contribution in [1.82, 2.24) is 0 Å². The lowest BCUT2D eigenvalue weighted by Gasteiger charge is -2.17. The van der Waals surface area contributed by atoms with Crippen molar-refractivity contribution in [2.75, 3.05) is 14.2 Å². The highest BCUT2D eigenvalue weighted by Crippen LogP contribution is 2.36. The average Bonchev–Trinajstić information content (AvgIpc) is 2.56. The highest BCUT2D eigenvalue weighted by molar-refractivity contribution is 5.73. The fourth-order valence-electron chi connectivity index (χ4n) is 2.65. The summed E-state index contributed by atoms with van der Waals surface area (Å²) in [5.74, 6) is 1.76. The summed E-state index contributed by atoms with van der Waals surface area (Å²) in [5.41, 5.74) is 4.54. The Bertz CT molecular complexity index is 671. The number of benzene rings is 2. The van der Waals surface area contributed by atoms with Crippen LogP contribution in [0.1, 0.15) is 11.1 Å². The second-order valence-corrected chi connectivity index (χ2v) is 5.00. The quantitative estimate of drug-likeness (QED) is 0.681. The average molecular weight is 294 g/mol. The minimum atomic E-state index is 0.751. The summed E-state index contributed by atoms with van der Waals surface area (Å²) < 4.78 is 11.0. The minimum Gasteiger partial charge on any atom is -0.497 e. The Morgan fingerprint density at radius 2 is 1.73 bits per heavy atom. The van der Waals surface area contributed by atoms with Crippen LogP contribution in [0.4, 0.5) is 0 Å². The molecule has 22 heavy (non-hydrogen) atoms. The Hall–Kier alpha value is -2.48. The molecule has 0 atom stereocenters. The Morgan fingerprint density at radius 3 is 2.36 bits per heavy atom. The molecule has 2 aromatic carbocycles. The van der Waals surface area contributed by atoms with E-state index >= 15 is 0 Å². The molecule has 0 heterocycles. The first-order valence-corrected chi connectivity index (χ1v) is 7.30. The van der Waals surface area contributed by atoms with Crippen molar-refractivity contribution >= 4 is 0 Å². The van der Waals surface area contributed by atoms with Crippen LogP contribution in [-0.4, -0.2) is 14.2 Å². The van der Waals surface area contributed by atoms with Gasteiger partial charge in [-0.2, -0.15) is 0 Å². The maximum Gasteiger partial charge on any atom is 0.126 e. The molecule has 2 rings (SSSR count). The van der Waals surface area contributed by atoms with Crippen molar-refractivity contribution < 1.29 is 9.47 Å². The molecule has 0 aliphatic rings. The molecule has 0 saturated carbocycles. The molecule has 0 spiro atoms. The third kappa shape index (κ3) is 3.22. The van der Waals surface area contributed by atoms with Gasteiger partial charge in [0.1, 0.15) is 11.5 Å². The SMILES string of the molecule is C=CCc1ccc(-c2cccc(OC)c2)c(CC=C)c1OC. The lowest BCUT2D eigenvalue weighted by Crippen LogP contribution is -1.99. The topological polar surface area (TPSA) is 18.5 Å². The minimum absolute atomic E-state index is 0.751. The van der Waals surface area contributed by atoms with Crippen LogP contribution in [0.5, 0.6) is 11.5 Å². The van der Waals surface area contributed by atoms with Crippen LogP contribution in [0.25, 0.3) is 11.1 Å². The van der Waals surface area contributed by atoms with E-state index in [0.717, 1.165) is 46.6 Å². The third-order valence-corrected chi connectivity index (χ3v) is 3.64. The van der Waals surface area contributed by atoms with E-state index in [4.69, 9.17) is 9.47 Å². The lowest BCUT2D eigenvalue weighted by molar-refractivity contribution is 0.407. The normalized spacial score (nSPS) is 10.1. The molecule has 0 aliphatic carbocycles. The molecule has 2 nitrogen and oxygen atoms in total. The largest absolute Gasteiger partial charge is 0.497 e. The van der Waals surface area contributed by atoms with Gasteiger partial charge in [0.25, 0.3) is 0 Å². The van der Waals surface area contributed by atoms with E-state index in [1.807, 2.05) is 30.4 Å². The fraction of sp³-hybridized carbons (Fsp3) is 0.200. The standard InChI is InChI=1S/C20H22O2/c1-5-8-15-12-13-18(19(9-6-2)20(15)22-4)16-10-7-11-17(14-16)21-3/h5-7,10-14H,1-2,8-9H2,3-4H3. The fourth-order valence-corrected chi connectivity index (χ4v) is 2.65. The van der Waals surface area contributed by atoms with E-state index in [9.17, 15) is 0 Å². The maximum atomic E-state index is 5.67. The monoisotopic (exact) mass is 294 g/mol. The lowest BCUT2D eigenvalue weighted by atomic mass is 9.93. The molecule has 0 aliphatic heterocycles. The molecule has 0 fully saturated rings. The molecular weight excluding hydrogens is 272 g/mol. The molecule has 0 bridgehead atoms. The van der Waals surface area contributed by atoms with Gasteiger partial charge >= 0.3 is 0 Å². The van der Waals surface area contributed by atoms with Crippen LogP contribution in [0.2, 0.25) is 0 Å². The van der Waals surface area contributed by atoms with E-state index in [1.165, 1.54) is 0 Å². The maximum absolute atomic E-state index is 5.67. The molecule has 0 amide bonds. The van der Waals surface area contributed by atoms with Gasteiger partial charge in [-0.3, -0.25) is 0 Å². The predicted octanol–water partition coefficient (Wildman–Crippen LogP) is 4.83. The van der Waals surface area contributed by atoms with Crippen LogP contribution in [0, 0.1) is 0 Å². The Morgan fingerprint density at radius 1 is 0.955 bits per heavy atom. The van der Waals surface area contributed by atoms with Gasteiger partial charge in [0.05, 0.1) is 14.2 Å². The summed E-state index contributed by atoms with van der Waals surface area (Å²) in [4.78, 5) is 0. The molecule has 2 aromatic rings. The van der Waals surface area contributed by atoms with Gasteiger partial charge in [-0.05, 0) is 41.7 Å². The second kappa shape index (κ2) is 7.51. The zero-order valence-electron chi connectivity index (χ0n) is 13.3. The van der Waals surface area contributed by atoms with E-state index in [-0.39, 0.29) is 0 Å². The summed E-state index contributed by atoms with van der Waals surface area (Å²) in [5, 5.41) is 0. The van der Waals surface area contributed by atoms with Gasteiger partial charge in [0.2, 0.25) is 0 Å². The van der Waals surface area contributed by atoms with Crippen LogP contribution in [0.15, 0.2) is 61.7 Å². The molecule has 114 valence electrons. The van der Waals surface area contributed by atoms with Gasteiger partial charge in [-0.25, -0.2) is 0 Å². The number of hydrogen-bond donors (Lipinski definition) is 0. The van der Waals surface area contributed by atoms with Gasteiger partial charge in [-0.15, -0.1) is 13.2 Å². The highest BCUT2D eigenvalue weighted by atomic mass is 16.5. The first-order valence-electron chi connectivity index (χ1n) is 7.30. The van der Waals surface area contributed by atoms with Gasteiger partial charge < -0.3 is 9.47 Å². The summed E-state index contributed by atoms with van der Waals surface area (Å²) in [7, 11) is 3.39. The van der Waals surface area contributed by atoms with Gasteiger partial charge in [0, 0.05) is 5.56 Å². The number of allylic oxidation sites excluding steroid dienone is 2. The molecule has 0 N–H and O–H groups in total. The van der Waals surface area contributed by atoms with E-state index in [2.05, 4.69) is 31.4 Å². The molecule has 0 aromatic heterocycles. The first-order chi connectivity index (χ1) is 10.7. The summed E-state index contributed by atoms with van der Waals surface area (Å²) >= 11 is 0. The highest BCUT2D eigenvalue weighted by Gasteiger charge is 2.14. The van der Waals surface area contributed by atoms with Gasteiger partial charge in [0.15, 0.2) is 0 Å². The summed E-state index contributed by atoms with van der Waals surface area (Å²) in [6, 6.07) is 12.3. The van der Waals surface area contributed by atoms with E-state index in [1.54, 1.807) is 14.2 Å². The number of methoxy groups -OCH3 is 2. The molecule has 0 unspecified atom stereocenters. The summed E-state index contributed by atoms with van der Waals surface area (Å²) in [6.07, 6.45) is 5.33. The Kier molecular flexibility index (Phi) is 5.42. The molecule has 0 radical (unpaired) electrons. The van der Waals surface area contributed by atoms with Crippen LogP contribution >= 0.6 is 0 Å². The van der Waals surface area contributed by atoms with Crippen molar-refractivity contribution in [1.29, 1.82) is 0 Å². The third-order valence-electron chi connectivity index (χ3n) is 3.64. The van der Waals surface area contributed by atoms with E-state index < -0.39 is 0 Å². The zero-order valence-corrected chi connectivity index (χ0v) is 13.3. The van der Waals surface area contributed by atoms with Gasteiger partial charge in [-0.1, -0.05) is 36.4 Å². The molecule has 2 heteroatoms. The number of ether oxygens (including phenoxy) is 2. The number of rotatable bonds is 7. The van der Waals surface area contributed by atoms with Crippen molar-refractivity contribution in [3.8, 4) is 22.6 Å². The van der Waals surface area contributed by atoms with Crippen molar-refractivity contribution in [2.45, 2.75) is 12.8 Å². The zero-order chi connectivity index (χ0) is 15.9. The second-order valence-electron chi connectivity index (χ2n) is 5.00. The summed E-state index contributed by atoms with van der Waals surface area (Å²) in [6.45, 7) is 7.69. The van der Waals surface area contributed by atoms with Crippen molar-refractivity contribution in [3.63, 3.8) is 0 Å². The molecular formula is C20H22O2. The molecule has 0 saturated heterocycles. The Balaban J connectivity index is 2.63. The number of hydrogen-bond acceptors (Lipinski definition) is 2. The van der Waals surface area contributed by atoms with Crippen LogP contribution in [-0.2, 0) is 12.8 Å². The van der Waals surface area contributed by atoms with Crippen LogP contribution < -0.4 is 9.47 Å². The Labute approximate surface area is 132 Å². The van der Waals surface area contributed by atoms with Crippen molar-refractivity contribution in [2.24, 2.45) is 0 Å².